The summed E-state index contributed by atoms with van der Waals surface area (Å²) in [4.78, 5) is 23.4. The van der Waals surface area contributed by atoms with Crippen LogP contribution in [0.4, 0.5) is 8.78 Å². The Morgan fingerprint density at radius 1 is 1.31 bits per heavy atom. The number of benzene rings is 1. The number of carbonyl (C=O) groups excluding carboxylic acids is 2. The highest BCUT2D eigenvalue weighted by Gasteiger charge is 2.16. The van der Waals surface area contributed by atoms with Crippen LogP contribution in [0.3, 0.4) is 0 Å². The van der Waals surface area contributed by atoms with E-state index in [0.717, 1.165) is 12.1 Å². The lowest BCUT2D eigenvalue weighted by Gasteiger charge is -2.13. The first-order chi connectivity index (χ1) is 13.8. The Morgan fingerprint density at radius 2 is 2.00 bits per heavy atom. The molecule has 0 aliphatic rings. The van der Waals surface area contributed by atoms with E-state index in [1.807, 2.05) is 0 Å². The van der Waals surface area contributed by atoms with Crippen molar-refractivity contribution in [2.75, 3.05) is 6.54 Å². The highest BCUT2D eigenvalue weighted by atomic mass is 19.1. The lowest BCUT2D eigenvalue weighted by Crippen LogP contribution is -2.30. The Hall–Kier alpha value is -3.87. The van der Waals surface area contributed by atoms with E-state index in [1.54, 1.807) is 19.2 Å². The average molecular weight is 398 g/mol. The van der Waals surface area contributed by atoms with Crippen LogP contribution in [-0.2, 0) is 0 Å². The van der Waals surface area contributed by atoms with E-state index < -0.39 is 23.1 Å². The van der Waals surface area contributed by atoms with E-state index >= 15 is 0 Å². The summed E-state index contributed by atoms with van der Waals surface area (Å²) in [6.45, 7) is 3.36. The SMILES string of the molecule is CC(=O)c1cc(C(=O)NC[C@@H](C)n2ccc(-c3cc(F)c(C#N)c(F)c3)n2)[nH]n1. The van der Waals surface area contributed by atoms with Gasteiger partial charge in [0.05, 0.1) is 11.7 Å². The van der Waals surface area contributed by atoms with Gasteiger partial charge in [-0.2, -0.15) is 15.5 Å². The van der Waals surface area contributed by atoms with Crippen molar-refractivity contribution in [1.82, 2.24) is 25.3 Å². The first kappa shape index (κ1) is 19.9. The Balaban J connectivity index is 1.68. The zero-order chi connectivity index (χ0) is 21.1. The number of ketones is 1. The first-order valence-corrected chi connectivity index (χ1v) is 8.59. The molecule has 8 nitrogen and oxygen atoms in total. The summed E-state index contributed by atoms with van der Waals surface area (Å²) >= 11 is 0. The van der Waals surface area contributed by atoms with E-state index in [-0.39, 0.29) is 35.3 Å². The summed E-state index contributed by atoms with van der Waals surface area (Å²) in [6, 6.07) is 6.24. The van der Waals surface area contributed by atoms with Crippen molar-refractivity contribution in [3.05, 3.63) is 59.0 Å². The smallest absolute Gasteiger partial charge is 0.269 e. The summed E-state index contributed by atoms with van der Waals surface area (Å²) in [5.74, 6) is -2.60. The van der Waals surface area contributed by atoms with Gasteiger partial charge in [0.1, 0.15) is 34.7 Å². The van der Waals surface area contributed by atoms with E-state index in [4.69, 9.17) is 5.26 Å². The molecule has 0 spiro atoms. The molecule has 0 fully saturated rings. The van der Waals surface area contributed by atoms with Crippen molar-refractivity contribution in [3.8, 4) is 17.3 Å². The number of nitrogens with zero attached hydrogens (tertiary/aromatic N) is 4. The third kappa shape index (κ3) is 4.19. The molecule has 2 heterocycles. The minimum Gasteiger partial charge on any atom is -0.349 e. The van der Waals surface area contributed by atoms with Crippen LogP contribution in [-0.4, -0.2) is 38.2 Å². The second-order valence-electron chi connectivity index (χ2n) is 6.39. The number of halogens is 2. The van der Waals surface area contributed by atoms with Crippen molar-refractivity contribution < 1.29 is 18.4 Å². The van der Waals surface area contributed by atoms with Gasteiger partial charge >= 0.3 is 0 Å². The molecule has 0 saturated heterocycles. The molecule has 29 heavy (non-hydrogen) atoms. The van der Waals surface area contributed by atoms with Gasteiger partial charge in [-0.25, -0.2) is 8.78 Å². The molecular formula is C19H16F2N6O2. The van der Waals surface area contributed by atoms with Crippen LogP contribution < -0.4 is 5.32 Å². The van der Waals surface area contributed by atoms with Crippen molar-refractivity contribution in [1.29, 1.82) is 5.26 Å². The summed E-state index contributed by atoms with van der Waals surface area (Å²) in [6.07, 6.45) is 1.62. The molecule has 0 aliphatic carbocycles. The summed E-state index contributed by atoms with van der Waals surface area (Å²) in [7, 11) is 0. The maximum absolute atomic E-state index is 13.8. The number of rotatable bonds is 6. The van der Waals surface area contributed by atoms with Crippen LogP contribution in [0.25, 0.3) is 11.3 Å². The number of amides is 1. The maximum Gasteiger partial charge on any atom is 0.269 e. The van der Waals surface area contributed by atoms with E-state index in [9.17, 15) is 18.4 Å². The molecule has 0 bridgehead atoms. The number of hydrogen-bond acceptors (Lipinski definition) is 5. The largest absolute Gasteiger partial charge is 0.349 e. The molecule has 0 saturated carbocycles. The fourth-order valence-corrected chi connectivity index (χ4v) is 2.61. The van der Waals surface area contributed by atoms with Crippen LogP contribution >= 0.6 is 0 Å². The molecule has 2 N–H and O–H groups in total. The van der Waals surface area contributed by atoms with Gasteiger partial charge < -0.3 is 5.32 Å². The second kappa shape index (κ2) is 8.02. The van der Waals surface area contributed by atoms with Gasteiger partial charge in [-0.05, 0) is 31.2 Å². The van der Waals surface area contributed by atoms with Crippen LogP contribution in [0, 0.1) is 23.0 Å². The van der Waals surface area contributed by atoms with Gasteiger partial charge in [0.15, 0.2) is 5.78 Å². The first-order valence-electron chi connectivity index (χ1n) is 8.59. The maximum atomic E-state index is 13.8. The number of nitriles is 1. The van der Waals surface area contributed by atoms with Crippen molar-refractivity contribution >= 4 is 11.7 Å². The molecule has 3 aromatic rings. The molecule has 2 aromatic heterocycles. The number of carbonyl (C=O) groups is 2. The number of Topliss-reactive ketones (excluding diaryl/α,β-unsaturated/α-hetero) is 1. The normalized spacial score (nSPS) is 11.7. The number of H-pyrrole nitrogens is 1. The summed E-state index contributed by atoms with van der Waals surface area (Å²) < 4.78 is 29.2. The molecule has 10 heteroatoms. The fraction of sp³-hybridized carbons (Fsp3) is 0.211. The van der Waals surface area contributed by atoms with Crippen molar-refractivity contribution in [3.63, 3.8) is 0 Å². The average Bonchev–Trinajstić information content (AvgIpc) is 3.35. The molecule has 0 radical (unpaired) electrons. The van der Waals surface area contributed by atoms with Gasteiger partial charge in [0.2, 0.25) is 0 Å². The summed E-state index contributed by atoms with van der Waals surface area (Å²) in [5.41, 5.74) is 0.207. The third-order valence-corrected chi connectivity index (χ3v) is 4.25. The van der Waals surface area contributed by atoms with Crippen molar-refractivity contribution in [2.45, 2.75) is 19.9 Å². The number of aromatic amines is 1. The van der Waals surface area contributed by atoms with Crippen molar-refractivity contribution in [2.24, 2.45) is 0 Å². The minimum atomic E-state index is -0.957. The molecule has 0 aliphatic heterocycles. The molecular weight excluding hydrogens is 382 g/mol. The van der Waals surface area contributed by atoms with E-state index in [0.29, 0.717) is 5.69 Å². The number of hydrogen-bond donors (Lipinski definition) is 2. The summed E-state index contributed by atoms with van der Waals surface area (Å²) in [5, 5.41) is 22.0. The fourth-order valence-electron chi connectivity index (χ4n) is 2.61. The zero-order valence-electron chi connectivity index (χ0n) is 15.5. The molecule has 148 valence electrons. The molecule has 0 unspecified atom stereocenters. The lowest BCUT2D eigenvalue weighted by molar-refractivity contribution is 0.0942. The molecule has 1 aromatic carbocycles. The van der Waals surface area contributed by atoms with Gasteiger partial charge in [0.25, 0.3) is 5.91 Å². The van der Waals surface area contributed by atoms with Gasteiger partial charge in [-0.15, -0.1) is 0 Å². The lowest BCUT2D eigenvalue weighted by atomic mass is 10.1. The topological polar surface area (TPSA) is 116 Å². The Bertz CT molecular complexity index is 1100. The van der Waals surface area contributed by atoms with Gasteiger partial charge in [-0.1, -0.05) is 0 Å². The Labute approximate surface area is 164 Å². The van der Waals surface area contributed by atoms with E-state index in [2.05, 4.69) is 20.6 Å². The molecule has 1 atom stereocenters. The third-order valence-electron chi connectivity index (χ3n) is 4.25. The van der Waals surface area contributed by atoms with Crippen LogP contribution in [0.5, 0.6) is 0 Å². The monoisotopic (exact) mass is 398 g/mol. The highest BCUT2D eigenvalue weighted by molar-refractivity contribution is 5.97. The van der Waals surface area contributed by atoms with Gasteiger partial charge in [0, 0.05) is 25.2 Å². The zero-order valence-corrected chi connectivity index (χ0v) is 15.5. The number of aromatic nitrogens is 4. The van der Waals surface area contributed by atoms with Crippen LogP contribution in [0.2, 0.25) is 0 Å². The quantitative estimate of drug-likeness (QED) is 0.619. The highest BCUT2D eigenvalue weighted by Crippen LogP contribution is 2.23. The molecule has 1 amide bonds. The second-order valence-corrected chi connectivity index (χ2v) is 6.39. The predicted molar refractivity (Wildman–Crippen MR) is 97.9 cm³/mol. The number of nitrogens with one attached hydrogen (secondary N) is 2. The van der Waals surface area contributed by atoms with Gasteiger partial charge in [-0.3, -0.25) is 19.4 Å². The van der Waals surface area contributed by atoms with Crippen LogP contribution in [0.15, 0.2) is 30.5 Å². The Kier molecular flexibility index (Phi) is 5.50. The minimum absolute atomic E-state index is 0.159. The van der Waals surface area contributed by atoms with E-state index in [1.165, 1.54) is 23.7 Å². The Morgan fingerprint density at radius 3 is 2.59 bits per heavy atom. The predicted octanol–water partition coefficient (Wildman–Crippen LogP) is 2.62. The molecule has 3 rings (SSSR count). The standard InChI is InChI=1S/C19H16F2N6O2/c1-10(9-23-19(29)18-7-17(11(2)28)24-25-18)27-4-3-16(26-27)12-5-14(20)13(8-22)15(21)6-12/h3-7,10H,9H2,1-2H3,(H,23,29)(H,24,25)/t10-/m1/s1. The van der Waals surface area contributed by atoms with Crippen LogP contribution in [0.1, 0.15) is 46.4 Å².